The van der Waals surface area contributed by atoms with Gasteiger partial charge in [-0.1, -0.05) is 12.1 Å². The van der Waals surface area contributed by atoms with Crippen LogP contribution >= 0.6 is 0 Å². The van der Waals surface area contributed by atoms with Gasteiger partial charge in [0, 0.05) is 18.9 Å². The zero-order valence-corrected chi connectivity index (χ0v) is 11.7. The van der Waals surface area contributed by atoms with Crippen LogP contribution in [0.3, 0.4) is 0 Å². The first-order valence-corrected chi connectivity index (χ1v) is 6.17. The summed E-state index contributed by atoms with van der Waals surface area (Å²) in [5, 5.41) is 9.30. The summed E-state index contributed by atoms with van der Waals surface area (Å²) in [6.07, 6.45) is 2.09. The van der Waals surface area contributed by atoms with Gasteiger partial charge in [-0.3, -0.25) is 0 Å². The summed E-state index contributed by atoms with van der Waals surface area (Å²) in [6.45, 7) is 8.44. The Hall–Kier alpha value is -1.95. The van der Waals surface area contributed by atoms with Gasteiger partial charge in [-0.05, 0) is 44.4 Å². The minimum atomic E-state index is 0.179. The molecule has 0 aromatic heterocycles. The zero-order valence-electron chi connectivity index (χ0n) is 11.7. The van der Waals surface area contributed by atoms with Crippen molar-refractivity contribution in [2.75, 3.05) is 11.9 Å². The lowest BCUT2D eigenvalue weighted by atomic mass is 10.0. The Balaban J connectivity index is 2.60. The van der Waals surface area contributed by atoms with Gasteiger partial charge in [-0.2, -0.15) is 5.26 Å². The third kappa shape index (κ3) is 1.74. The van der Waals surface area contributed by atoms with Crippen molar-refractivity contribution in [2.45, 2.75) is 33.9 Å². The van der Waals surface area contributed by atoms with E-state index in [2.05, 4.69) is 55.7 Å². The molecule has 0 saturated carbocycles. The van der Waals surface area contributed by atoms with Gasteiger partial charge in [0.15, 0.2) is 0 Å². The second kappa shape index (κ2) is 4.38. The topological polar surface area (TPSA) is 30.3 Å². The number of hydrogen-bond donors (Lipinski definition) is 0. The molecule has 3 heteroatoms. The van der Waals surface area contributed by atoms with Crippen LogP contribution in [0.5, 0.6) is 0 Å². The number of aryl methyl sites for hydroxylation is 2. The second-order valence-corrected chi connectivity index (χ2v) is 4.97. The summed E-state index contributed by atoms with van der Waals surface area (Å²) < 4.78 is 0. The number of nitriles is 1. The molecule has 1 aliphatic heterocycles. The highest BCUT2D eigenvalue weighted by atomic mass is 15.4. The lowest BCUT2D eigenvalue weighted by molar-refractivity contribution is 0.382. The average Bonchev–Trinajstić information content (AvgIpc) is 2.62. The summed E-state index contributed by atoms with van der Waals surface area (Å²) >= 11 is 0. The molecule has 1 aliphatic rings. The Morgan fingerprint density at radius 2 is 1.78 bits per heavy atom. The summed E-state index contributed by atoms with van der Waals surface area (Å²) in [5.74, 6) is 0. The van der Waals surface area contributed by atoms with Gasteiger partial charge in [0.2, 0.25) is 0 Å². The van der Waals surface area contributed by atoms with E-state index < -0.39 is 0 Å². The lowest BCUT2D eigenvalue weighted by Crippen LogP contribution is -2.36. The Labute approximate surface area is 109 Å². The zero-order chi connectivity index (χ0) is 13.4. The third-order valence-corrected chi connectivity index (χ3v) is 3.81. The minimum absolute atomic E-state index is 0.179. The highest BCUT2D eigenvalue weighted by molar-refractivity contribution is 5.67. The molecule has 0 unspecified atom stereocenters. The highest BCUT2D eigenvalue weighted by Crippen LogP contribution is 2.34. The molecule has 0 spiro atoms. The molecule has 0 fully saturated rings. The molecule has 0 N–H and O–H groups in total. The van der Waals surface area contributed by atoms with Gasteiger partial charge < -0.3 is 9.80 Å². The van der Waals surface area contributed by atoms with Crippen LogP contribution in [-0.2, 0) is 0 Å². The number of anilines is 1. The molecule has 94 valence electrons. The van der Waals surface area contributed by atoms with Crippen LogP contribution < -0.4 is 4.90 Å². The van der Waals surface area contributed by atoms with E-state index in [9.17, 15) is 5.26 Å². The van der Waals surface area contributed by atoms with Crippen LogP contribution in [0.25, 0.3) is 0 Å². The van der Waals surface area contributed by atoms with Gasteiger partial charge in [-0.15, -0.1) is 0 Å². The molecule has 0 aliphatic carbocycles. The van der Waals surface area contributed by atoms with Crippen molar-refractivity contribution >= 4 is 5.69 Å². The van der Waals surface area contributed by atoms with Gasteiger partial charge in [0.05, 0.1) is 0 Å². The monoisotopic (exact) mass is 241 g/mol. The number of benzene rings is 1. The Bertz CT molecular complexity index is 552. The van der Waals surface area contributed by atoms with Crippen molar-refractivity contribution in [3.8, 4) is 6.07 Å². The fraction of sp³-hybridized carbons (Fsp3) is 0.400. The quantitative estimate of drug-likeness (QED) is 0.757. The third-order valence-electron chi connectivity index (χ3n) is 3.81. The smallest absolute Gasteiger partial charge is 0.138 e. The Morgan fingerprint density at radius 1 is 1.17 bits per heavy atom. The largest absolute Gasteiger partial charge is 0.358 e. The fourth-order valence-electron chi connectivity index (χ4n) is 2.44. The fourth-order valence-corrected chi connectivity index (χ4v) is 2.44. The van der Waals surface area contributed by atoms with E-state index in [1.54, 1.807) is 0 Å². The Kier molecular flexibility index (Phi) is 3.04. The second-order valence-electron chi connectivity index (χ2n) is 4.97. The van der Waals surface area contributed by atoms with Gasteiger partial charge >= 0.3 is 0 Å². The van der Waals surface area contributed by atoms with Crippen molar-refractivity contribution in [3.63, 3.8) is 0 Å². The first kappa shape index (κ1) is 12.5. The predicted octanol–water partition coefficient (Wildman–Crippen LogP) is 3.07. The van der Waals surface area contributed by atoms with E-state index in [4.69, 9.17) is 0 Å². The first-order valence-electron chi connectivity index (χ1n) is 6.17. The highest BCUT2D eigenvalue weighted by Gasteiger charge is 2.29. The standard InChI is InChI=1S/C15H19N3/c1-10-6-7-11(2)15(12(10)3)18-13(4)17(5)9-14(18)8-16/h6-7,9,13H,1-5H3/t13-/m0/s1. The maximum Gasteiger partial charge on any atom is 0.138 e. The summed E-state index contributed by atoms with van der Waals surface area (Å²) in [5.41, 5.74) is 5.59. The van der Waals surface area contributed by atoms with Crippen LogP contribution in [0.1, 0.15) is 23.6 Å². The summed E-state index contributed by atoms with van der Waals surface area (Å²) in [7, 11) is 2.00. The van der Waals surface area contributed by atoms with Crippen LogP contribution in [0.4, 0.5) is 5.69 Å². The summed E-state index contributed by atoms with van der Waals surface area (Å²) in [4.78, 5) is 4.19. The van der Waals surface area contributed by atoms with Crippen LogP contribution in [0.15, 0.2) is 24.0 Å². The molecular weight excluding hydrogens is 222 g/mol. The molecule has 18 heavy (non-hydrogen) atoms. The van der Waals surface area contributed by atoms with E-state index >= 15 is 0 Å². The minimum Gasteiger partial charge on any atom is -0.358 e. The van der Waals surface area contributed by atoms with Crippen LogP contribution in [0, 0.1) is 32.1 Å². The first-order chi connectivity index (χ1) is 8.47. The van der Waals surface area contributed by atoms with Gasteiger partial charge in [0.1, 0.15) is 17.9 Å². The van der Waals surface area contributed by atoms with Crippen molar-refractivity contribution in [1.82, 2.24) is 4.90 Å². The number of hydrogen-bond acceptors (Lipinski definition) is 3. The van der Waals surface area contributed by atoms with Crippen molar-refractivity contribution in [2.24, 2.45) is 0 Å². The van der Waals surface area contributed by atoms with Gasteiger partial charge in [-0.25, -0.2) is 0 Å². The van der Waals surface area contributed by atoms with E-state index in [-0.39, 0.29) is 6.17 Å². The molecular formula is C15H19N3. The maximum absolute atomic E-state index is 9.30. The molecule has 0 saturated heterocycles. The van der Waals surface area contributed by atoms with Crippen molar-refractivity contribution in [1.29, 1.82) is 5.26 Å². The maximum atomic E-state index is 9.30. The van der Waals surface area contributed by atoms with Crippen molar-refractivity contribution < 1.29 is 0 Å². The predicted molar refractivity (Wildman–Crippen MR) is 74.1 cm³/mol. The number of nitrogens with zero attached hydrogens (tertiary/aromatic N) is 3. The SMILES string of the molecule is Cc1ccc(C)c(N2C(C#N)=CN(C)[C@@H]2C)c1C. The molecule has 2 rings (SSSR count). The molecule has 1 aromatic carbocycles. The number of rotatable bonds is 1. The van der Waals surface area contributed by atoms with Crippen molar-refractivity contribution in [3.05, 3.63) is 40.7 Å². The average molecular weight is 241 g/mol. The van der Waals surface area contributed by atoms with E-state index in [0.717, 1.165) is 0 Å². The number of allylic oxidation sites excluding steroid dienone is 1. The molecule has 1 atom stereocenters. The normalized spacial score (nSPS) is 18.9. The summed E-state index contributed by atoms with van der Waals surface area (Å²) in [6, 6.07) is 6.55. The van der Waals surface area contributed by atoms with E-state index in [0.29, 0.717) is 5.70 Å². The van der Waals surface area contributed by atoms with Crippen LogP contribution in [0.2, 0.25) is 0 Å². The molecule has 1 heterocycles. The van der Waals surface area contributed by atoms with E-state index in [1.165, 1.54) is 22.4 Å². The van der Waals surface area contributed by atoms with Crippen LogP contribution in [-0.4, -0.2) is 18.1 Å². The molecule has 0 amide bonds. The molecule has 0 bridgehead atoms. The van der Waals surface area contributed by atoms with E-state index in [1.807, 2.05) is 13.2 Å². The molecule has 0 radical (unpaired) electrons. The Morgan fingerprint density at radius 3 is 2.39 bits per heavy atom. The molecule has 3 nitrogen and oxygen atoms in total. The van der Waals surface area contributed by atoms with Gasteiger partial charge in [0.25, 0.3) is 0 Å². The molecule has 1 aromatic rings. The lowest BCUT2D eigenvalue weighted by Gasteiger charge is -2.31.